The average Bonchev–Trinajstić information content (AvgIpc) is 2.76. The number of oxazole rings is 1. The maximum atomic E-state index is 5.97. The number of rotatable bonds is 2. The third-order valence-electron chi connectivity index (χ3n) is 2.71. The van der Waals surface area contributed by atoms with Crippen molar-refractivity contribution in [3.05, 3.63) is 48.0 Å². The first-order valence-corrected chi connectivity index (χ1v) is 6.44. The highest BCUT2D eigenvalue weighted by molar-refractivity contribution is 7.99. The summed E-state index contributed by atoms with van der Waals surface area (Å²) >= 11 is 1.46. The molecule has 3 aromatic rings. The number of fused-ring (bicyclic) bond motifs is 1. The molecular weight excluding hydrogens is 244 g/mol. The van der Waals surface area contributed by atoms with Crippen molar-refractivity contribution >= 4 is 28.5 Å². The number of hydrogen-bond acceptors (Lipinski definition) is 4. The SMILES string of the molecule is Cc1cccc(N)c1Sc1nc2ccccc2o1. The van der Waals surface area contributed by atoms with E-state index in [1.807, 2.05) is 49.4 Å². The van der Waals surface area contributed by atoms with Gasteiger partial charge in [0, 0.05) is 10.6 Å². The van der Waals surface area contributed by atoms with Gasteiger partial charge in [-0.3, -0.25) is 0 Å². The molecule has 0 bridgehead atoms. The van der Waals surface area contributed by atoms with E-state index in [2.05, 4.69) is 4.98 Å². The largest absolute Gasteiger partial charge is 0.431 e. The summed E-state index contributed by atoms with van der Waals surface area (Å²) in [6.07, 6.45) is 0. The van der Waals surface area contributed by atoms with Gasteiger partial charge in [-0.1, -0.05) is 24.3 Å². The van der Waals surface area contributed by atoms with Gasteiger partial charge in [0.05, 0.1) is 0 Å². The van der Waals surface area contributed by atoms with Gasteiger partial charge in [0.25, 0.3) is 5.22 Å². The van der Waals surface area contributed by atoms with Crippen LogP contribution < -0.4 is 5.73 Å². The van der Waals surface area contributed by atoms with Gasteiger partial charge in [-0.25, -0.2) is 4.98 Å². The maximum Gasteiger partial charge on any atom is 0.261 e. The van der Waals surface area contributed by atoms with E-state index in [0.29, 0.717) is 5.22 Å². The molecule has 0 spiro atoms. The Bertz CT molecular complexity index is 653. The Morgan fingerprint density at radius 3 is 2.72 bits per heavy atom. The average molecular weight is 256 g/mol. The molecule has 2 aromatic carbocycles. The number of nitrogens with zero attached hydrogens (tertiary/aromatic N) is 1. The summed E-state index contributed by atoms with van der Waals surface area (Å²) in [5, 5.41) is 0.622. The van der Waals surface area contributed by atoms with E-state index in [4.69, 9.17) is 10.2 Å². The van der Waals surface area contributed by atoms with Crippen molar-refractivity contribution in [1.82, 2.24) is 4.98 Å². The van der Waals surface area contributed by atoms with Crippen LogP contribution in [0.2, 0.25) is 0 Å². The number of aryl methyl sites for hydroxylation is 1. The summed E-state index contributed by atoms with van der Waals surface area (Å²) in [5.74, 6) is 0. The zero-order valence-corrected chi connectivity index (χ0v) is 10.7. The van der Waals surface area contributed by atoms with Crippen LogP contribution in [-0.2, 0) is 0 Å². The predicted octanol–water partition coefficient (Wildman–Crippen LogP) is 3.87. The van der Waals surface area contributed by atoms with Gasteiger partial charge >= 0.3 is 0 Å². The smallest absolute Gasteiger partial charge is 0.261 e. The second kappa shape index (κ2) is 4.38. The van der Waals surface area contributed by atoms with E-state index in [0.717, 1.165) is 27.2 Å². The van der Waals surface area contributed by atoms with Crippen LogP contribution in [0.4, 0.5) is 5.69 Å². The molecule has 0 aliphatic carbocycles. The molecule has 1 heterocycles. The first-order chi connectivity index (χ1) is 8.74. The molecular formula is C14H12N2OS. The van der Waals surface area contributed by atoms with E-state index < -0.39 is 0 Å². The zero-order chi connectivity index (χ0) is 12.5. The summed E-state index contributed by atoms with van der Waals surface area (Å²) in [6, 6.07) is 13.6. The van der Waals surface area contributed by atoms with Gasteiger partial charge in [-0.2, -0.15) is 0 Å². The fraction of sp³-hybridized carbons (Fsp3) is 0.0714. The molecule has 0 aliphatic heterocycles. The van der Waals surface area contributed by atoms with Crippen molar-refractivity contribution in [3.63, 3.8) is 0 Å². The first kappa shape index (κ1) is 11.2. The highest BCUT2D eigenvalue weighted by Crippen LogP contribution is 2.35. The molecule has 1 aromatic heterocycles. The predicted molar refractivity (Wildman–Crippen MR) is 73.7 cm³/mol. The van der Waals surface area contributed by atoms with Crippen molar-refractivity contribution in [3.8, 4) is 0 Å². The van der Waals surface area contributed by atoms with Gasteiger partial charge in [0.1, 0.15) is 5.52 Å². The van der Waals surface area contributed by atoms with Crippen LogP contribution >= 0.6 is 11.8 Å². The minimum atomic E-state index is 0.622. The standard InChI is InChI=1S/C14H12N2OS/c1-9-5-4-6-10(15)13(9)18-14-16-11-7-2-3-8-12(11)17-14/h2-8H,15H2,1H3. The lowest BCUT2D eigenvalue weighted by Crippen LogP contribution is -1.90. The fourth-order valence-corrected chi connectivity index (χ4v) is 2.66. The van der Waals surface area contributed by atoms with E-state index in [-0.39, 0.29) is 0 Å². The third kappa shape index (κ3) is 1.95. The van der Waals surface area contributed by atoms with Crippen LogP contribution in [0.15, 0.2) is 57.0 Å². The Morgan fingerprint density at radius 2 is 1.94 bits per heavy atom. The molecule has 0 atom stereocenters. The number of nitrogens with two attached hydrogens (primary N) is 1. The highest BCUT2D eigenvalue weighted by Gasteiger charge is 2.10. The Balaban J connectivity index is 2.01. The Labute approximate surface area is 109 Å². The molecule has 3 rings (SSSR count). The minimum Gasteiger partial charge on any atom is -0.431 e. The van der Waals surface area contributed by atoms with Crippen LogP contribution in [0, 0.1) is 6.92 Å². The van der Waals surface area contributed by atoms with Crippen molar-refractivity contribution < 1.29 is 4.42 Å². The van der Waals surface area contributed by atoms with E-state index in [1.165, 1.54) is 11.8 Å². The van der Waals surface area contributed by atoms with Gasteiger partial charge in [0.15, 0.2) is 5.58 Å². The molecule has 0 amide bonds. The minimum absolute atomic E-state index is 0.622. The summed E-state index contributed by atoms with van der Waals surface area (Å²) in [7, 11) is 0. The van der Waals surface area contributed by atoms with Crippen LogP contribution in [0.3, 0.4) is 0 Å². The van der Waals surface area contributed by atoms with Crippen LogP contribution in [0.1, 0.15) is 5.56 Å². The summed E-state index contributed by atoms with van der Waals surface area (Å²) in [5.41, 5.74) is 9.52. The quantitative estimate of drug-likeness (QED) is 0.707. The zero-order valence-electron chi connectivity index (χ0n) is 9.88. The molecule has 0 saturated carbocycles. The Hall–Kier alpha value is -1.94. The summed E-state index contributed by atoms with van der Waals surface area (Å²) in [6.45, 7) is 2.03. The van der Waals surface area contributed by atoms with E-state index in [1.54, 1.807) is 0 Å². The molecule has 0 fully saturated rings. The molecule has 3 nitrogen and oxygen atoms in total. The van der Waals surface area contributed by atoms with E-state index in [9.17, 15) is 0 Å². The number of para-hydroxylation sites is 2. The highest BCUT2D eigenvalue weighted by atomic mass is 32.2. The Morgan fingerprint density at radius 1 is 1.11 bits per heavy atom. The van der Waals surface area contributed by atoms with Crippen LogP contribution in [-0.4, -0.2) is 4.98 Å². The number of anilines is 1. The summed E-state index contributed by atoms with van der Waals surface area (Å²) in [4.78, 5) is 5.43. The second-order valence-electron chi connectivity index (χ2n) is 4.04. The molecule has 90 valence electrons. The maximum absolute atomic E-state index is 5.97. The fourth-order valence-electron chi connectivity index (χ4n) is 1.80. The topological polar surface area (TPSA) is 52.0 Å². The molecule has 0 unspecified atom stereocenters. The first-order valence-electron chi connectivity index (χ1n) is 5.62. The monoisotopic (exact) mass is 256 g/mol. The number of hydrogen-bond donors (Lipinski definition) is 1. The van der Waals surface area contributed by atoms with Gasteiger partial charge in [-0.15, -0.1) is 0 Å². The third-order valence-corrected chi connectivity index (χ3v) is 3.82. The number of aromatic nitrogens is 1. The second-order valence-corrected chi connectivity index (χ2v) is 5.00. The van der Waals surface area contributed by atoms with Crippen LogP contribution in [0.5, 0.6) is 0 Å². The molecule has 2 N–H and O–H groups in total. The van der Waals surface area contributed by atoms with Crippen LogP contribution in [0.25, 0.3) is 11.1 Å². The normalized spacial score (nSPS) is 10.9. The molecule has 0 saturated heterocycles. The van der Waals surface area contributed by atoms with Crippen molar-refractivity contribution in [1.29, 1.82) is 0 Å². The van der Waals surface area contributed by atoms with Gasteiger partial charge < -0.3 is 10.2 Å². The molecule has 18 heavy (non-hydrogen) atoms. The molecule has 4 heteroatoms. The molecule has 0 aliphatic rings. The van der Waals surface area contributed by atoms with E-state index >= 15 is 0 Å². The van der Waals surface area contributed by atoms with Crippen molar-refractivity contribution in [2.24, 2.45) is 0 Å². The summed E-state index contributed by atoms with van der Waals surface area (Å²) < 4.78 is 5.68. The van der Waals surface area contributed by atoms with Gasteiger partial charge in [-0.05, 0) is 42.4 Å². The Kier molecular flexibility index (Phi) is 2.72. The lowest BCUT2D eigenvalue weighted by molar-refractivity contribution is 0.489. The number of nitrogen functional groups attached to an aromatic ring is 1. The van der Waals surface area contributed by atoms with Gasteiger partial charge in [0.2, 0.25) is 0 Å². The van der Waals surface area contributed by atoms with Crippen molar-refractivity contribution in [2.75, 3.05) is 5.73 Å². The van der Waals surface area contributed by atoms with Crippen molar-refractivity contribution in [2.45, 2.75) is 17.0 Å². The lowest BCUT2D eigenvalue weighted by Gasteiger charge is -2.05. The lowest BCUT2D eigenvalue weighted by atomic mass is 10.2. The number of benzene rings is 2. The molecule has 0 radical (unpaired) electrons.